The van der Waals surface area contributed by atoms with E-state index in [9.17, 15) is 9.59 Å². The lowest BCUT2D eigenvalue weighted by molar-refractivity contribution is 0.0508. The van der Waals surface area contributed by atoms with Gasteiger partial charge in [0.1, 0.15) is 0 Å². The predicted octanol–water partition coefficient (Wildman–Crippen LogP) is 5.47. The molecule has 13 heteroatoms. The van der Waals surface area contributed by atoms with Gasteiger partial charge in [0.25, 0.3) is 0 Å². The van der Waals surface area contributed by atoms with Crippen LogP contribution in [-0.4, -0.2) is 70.9 Å². The molecule has 0 bridgehead atoms. The third-order valence-electron chi connectivity index (χ3n) is 8.34. The van der Waals surface area contributed by atoms with Gasteiger partial charge < -0.3 is 9.47 Å². The normalized spacial score (nSPS) is 13.0. The number of esters is 2. The van der Waals surface area contributed by atoms with E-state index in [4.69, 9.17) is 14.5 Å². The molecule has 0 unspecified atom stereocenters. The van der Waals surface area contributed by atoms with Gasteiger partial charge >= 0.3 is 11.9 Å². The van der Waals surface area contributed by atoms with Gasteiger partial charge in [-0.25, -0.2) is 29.5 Å². The van der Waals surface area contributed by atoms with Gasteiger partial charge in [-0.1, -0.05) is 42.1 Å². The summed E-state index contributed by atoms with van der Waals surface area (Å²) in [5.74, 6) is -0.0526. The first-order chi connectivity index (χ1) is 23.3. The number of nitrogens with zero attached hydrogens (tertiary/aromatic N) is 8. The SMILES string of the molecule is CCOC(=O)c1nn(C)c2c1CCCc1cnc(-c3ccccc3)nc1-2.CCOC(=O)c1nn(C)c2c1CCCc1cnc(SC)nc1-2. The largest absolute Gasteiger partial charge is 0.461 e. The van der Waals surface area contributed by atoms with E-state index in [1.807, 2.05) is 63.1 Å². The van der Waals surface area contributed by atoms with E-state index in [2.05, 4.69) is 25.1 Å². The third kappa shape index (κ3) is 6.46. The zero-order valence-corrected chi connectivity index (χ0v) is 28.6. The molecule has 48 heavy (non-hydrogen) atoms. The highest BCUT2D eigenvalue weighted by atomic mass is 32.2. The van der Waals surface area contributed by atoms with Gasteiger partial charge in [-0.05, 0) is 69.8 Å². The van der Waals surface area contributed by atoms with E-state index < -0.39 is 0 Å². The van der Waals surface area contributed by atoms with Crippen molar-refractivity contribution in [3.05, 3.63) is 76.4 Å². The number of aromatic nitrogens is 8. The first-order valence-electron chi connectivity index (χ1n) is 16.1. The molecule has 2 aliphatic rings. The molecular formula is C35H38N8O4S. The highest BCUT2D eigenvalue weighted by molar-refractivity contribution is 7.98. The van der Waals surface area contributed by atoms with Crippen LogP contribution < -0.4 is 0 Å². The summed E-state index contributed by atoms with van der Waals surface area (Å²) in [5.41, 5.74) is 9.37. The van der Waals surface area contributed by atoms with Crippen molar-refractivity contribution < 1.29 is 19.1 Å². The lowest BCUT2D eigenvalue weighted by Crippen LogP contribution is -2.08. The van der Waals surface area contributed by atoms with E-state index in [0.29, 0.717) is 30.4 Å². The number of ether oxygens (including phenoxy) is 2. The zero-order valence-electron chi connectivity index (χ0n) is 27.8. The molecule has 248 valence electrons. The third-order valence-corrected chi connectivity index (χ3v) is 8.91. The molecule has 0 fully saturated rings. The van der Waals surface area contributed by atoms with Crippen molar-refractivity contribution in [1.29, 1.82) is 0 Å². The van der Waals surface area contributed by atoms with Crippen molar-refractivity contribution >= 4 is 23.7 Å². The Kier molecular flexibility index (Phi) is 9.95. The molecular weight excluding hydrogens is 629 g/mol. The molecule has 0 aliphatic heterocycles. The van der Waals surface area contributed by atoms with Crippen LogP contribution in [0, 0.1) is 0 Å². The summed E-state index contributed by atoms with van der Waals surface area (Å²) < 4.78 is 13.8. The van der Waals surface area contributed by atoms with Crippen LogP contribution in [0.25, 0.3) is 34.2 Å². The van der Waals surface area contributed by atoms with Gasteiger partial charge in [0.05, 0.1) is 36.0 Å². The van der Waals surface area contributed by atoms with Crippen LogP contribution >= 0.6 is 11.8 Å². The monoisotopic (exact) mass is 666 g/mol. The first kappa shape index (κ1) is 33.0. The van der Waals surface area contributed by atoms with Crippen LogP contribution in [0.15, 0.2) is 47.9 Å². The number of hydrogen-bond donors (Lipinski definition) is 0. The van der Waals surface area contributed by atoms with Gasteiger partial charge in [0, 0.05) is 43.2 Å². The second-order valence-corrected chi connectivity index (χ2v) is 12.2. The van der Waals surface area contributed by atoms with E-state index in [1.54, 1.807) is 23.2 Å². The number of rotatable bonds is 6. The van der Waals surface area contributed by atoms with Crippen molar-refractivity contribution in [2.75, 3.05) is 19.5 Å². The van der Waals surface area contributed by atoms with E-state index in [-0.39, 0.29) is 11.9 Å². The van der Waals surface area contributed by atoms with Gasteiger partial charge in [0.15, 0.2) is 22.4 Å². The molecule has 4 aromatic heterocycles. The Morgan fingerprint density at radius 3 is 1.79 bits per heavy atom. The van der Waals surface area contributed by atoms with Crippen LogP contribution in [0.5, 0.6) is 0 Å². The molecule has 0 saturated heterocycles. The van der Waals surface area contributed by atoms with Gasteiger partial charge in [0.2, 0.25) is 0 Å². The van der Waals surface area contributed by atoms with Gasteiger partial charge in [-0.15, -0.1) is 0 Å². The Labute approximate surface area is 283 Å². The number of thioether (sulfide) groups is 1. The number of fused-ring (bicyclic) bond motifs is 6. The highest BCUT2D eigenvalue weighted by Gasteiger charge is 2.29. The standard InChI is InChI=1S/C20H20N4O2.C15H18N4O2S/c1-3-26-20(25)17-15-11-7-10-14-12-21-19(13-8-5-4-6-9-13)22-16(14)18(15)24(2)23-17;1-4-21-14(20)12-10-7-5-6-9-8-16-15(22-3)17-11(9)13(10)19(2)18-12/h4-6,8-9,12H,3,7,10-11H2,1-2H3;8H,4-7H2,1-3H3. The van der Waals surface area contributed by atoms with Crippen LogP contribution in [0.2, 0.25) is 0 Å². The molecule has 0 spiro atoms. The number of benzene rings is 1. The maximum atomic E-state index is 12.3. The molecule has 12 nitrogen and oxygen atoms in total. The summed E-state index contributed by atoms with van der Waals surface area (Å²) in [7, 11) is 3.69. The molecule has 5 aromatic rings. The number of carbonyl (C=O) groups is 2. The Morgan fingerprint density at radius 1 is 0.750 bits per heavy atom. The molecule has 2 aliphatic carbocycles. The second kappa shape index (κ2) is 14.5. The predicted molar refractivity (Wildman–Crippen MR) is 182 cm³/mol. The summed E-state index contributed by atoms with van der Waals surface area (Å²) >= 11 is 1.51. The average molecular weight is 667 g/mol. The maximum Gasteiger partial charge on any atom is 0.359 e. The lowest BCUT2D eigenvalue weighted by Gasteiger charge is -2.09. The van der Waals surface area contributed by atoms with E-state index in [0.717, 1.165) is 94.3 Å². The maximum absolute atomic E-state index is 12.3. The summed E-state index contributed by atoms with van der Waals surface area (Å²) in [6.07, 6.45) is 11.0. The van der Waals surface area contributed by atoms with Crippen LogP contribution in [0.3, 0.4) is 0 Å². The van der Waals surface area contributed by atoms with Crippen molar-refractivity contribution in [2.24, 2.45) is 14.1 Å². The van der Waals surface area contributed by atoms with Crippen molar-refractivity contribution in [3.63, 3.8) is 0 Å². The molecule has 1 aromatic carbocycles. The molecule has 0 saturated carbocycles. The zero-order chi connectivity index (χ0) is 33.8. The van der Waals surface area contributed by atoms with Gasteiger partial charge in [-0.2, -0.15) is 10.2 Å². The van der Waals surface area contributed by atoms with Crippen LogP contribution in [0.4, 0.5) is 0 Å². The smallest absolute Gasteiger partial charge is 0.359 e. The summed E-state index contributed by atoms with van der Waals surface area (Å²) in [6.45, 7) is 4.28. The Bertz CT molecular complexity index is 1970. The highest BCUT2D eigenvalue weighted by Crippen LogP contribution is 2.35. The fraction of sp³-hybridized carbons (Fsp3) is 0.371. The quantitative estimate of drug-likeness (QED) is 0.129. The Morgan fingerprint density at radius 2 is 1.27 bits per heavy atom. The summed E-state index contributed by atoms with van der Waals surface area (Å²) in [4.78, 5) is 42.8. The minimum atomic E-state index is -0.370. The molecule has 0 amide bonds. The Balaban J connectivity index is 0.000000170. The van der Waals surface area contributed by atoms with Gasteiger partial charge in [-0.3, -0.25) is 9.36 Å². The average Bonchev–Trinajstić information content (AvgIpc) is 3.43. The van der Waals surface area contributed by atoms with E-state index in [1.165, 1.54) is 11.8 Å². The lowest BCUT2D eigenvalue weighted by atomic mass is 10.1. The molecule has 4 heterocycles. The number of aryl methyl sites for hydroxylation is 4. The minimum absolute atomic E-state index is 0.334. The van der Waals surface area contributed by atoms with Crippen molar-refractivity contribution in [3.8, 4) is 34.2 Å². The van der Waals surface area contributed by atoms with Crippen LogP contribution in [0.1, 0.15) is 69.9 Å². The minimum Gasteiger partial charge on any atom is -0.461 e. The van der Waals surface area contributed by atoms with Crippen molar-refractivity contribution in [2.45, 2.75) is 57.5 Å². The summed E-state index contributed by atoms with van der Waals surface area (Å²) in [5, 5.41) is 9.54. The van der Waals surface area contributed by atoms with Crippen molar-refractivity contribution in [1.82, 2.24) is 39.5 Å². The Hall–Kier alpha value is -4.91. The molecule has 0 N–H and O–H groups in total. The fourth-order valence-corrected chi connectivity index (χ4v) is 6.58. The molecule has 0 radical (unpaired) electrons. The summed E-state index contributed by atoms with van der Waals surface area (Å²) in [6, 6.07) is 9.90. The van der Waals surface area contributed by atoms with Crippen LogP contribution in [-0.2, 0) is 49.3 Å². The number of hydrogen-bond acceptors (Lipinski definition) is 11. The number of carbonyl (C=O) groups excluding carboxylic acids is 2. The topological polar surface area (TPSA) is 140 Å². The van der Waals surface area contributed by atoms with E-state index >= 15 is 0 Å². The second-order valence-electron chi connectivity index (χ2n) is 11.4. The molecule has 0 atom stereocenters. The molecule has 7 rings (SSSR count). The first-order valence-corrected chi connectivity index (χ1v) is 17.3. The fourth-order valence-electron chi connectivity index (χ4n) is 6.24.